The summed E-state index contributed by atoms with van der Waals surface area (Å²) in [6, 6.07) is 10.4. The fraction of sp³-hybridized carbons (Fsp3) is 0.474. The van der Waals surface area contributed by atoms with Gasteiger partial charge in [0.25, 0.3) is 0 Å². The summed E-state index contributed by atoms with van der Waals surface area (Å²) in [5, 5.41) is 7.95. The van der Waals surface area contributed by atoms with Crippen LogP contribution in [-0.4, -0.2) is 51.3 Å². The van der Waals surface area contributed by atoms with Crippen LogP contribution in [0.15, 0.2) is 47.7 Å². The third-order valence-corrected chi connectivity index (χ3v) is 5.56. The Labute approximate surface area is 154 Å². The molecule has 1 saturated heterocycles. The van der Waals surface area contributed by atoms with Crippen LogP contribution in [0.1, 0.15) is 25.0 Å². The van der Waals surface area contributed by atoms with Crippen LogP contribution in [0, 0.1) is 0 Å². The second-order valence-corrected chi connectivity index (χ2v) is 8.76. The standard InChI is InChI=1S/C19H27N5S/c1-19(2)15-23(9-10-25-19)18(20-3)21-11-17-12-22-24(14-17)13-16-7-5-4-6-8-16/h4-8,12,14H,9-11,13,15H2,1-3H3,(H,20,21). The van der Waals surface area contributed by atoms with E-state index in [1.807, 2.05) is 35.8 Å². The molecule has 6 heteroatoms. The van der Waals surface area contributed by atoms with E-state index < -0.39 is 0 Å². The third kappa shape index (κ3) is 5.01. The Bertz CT molecular complexity index is 708. The molecule has 2 heterocycles. The number of rotatable bonds is 4. The Morgan fingerprint density at radius 1 is 1.28 bits per heavy atom. The molecular weight excluding hydrogens is 330 g/mol. The van der Waals surface area contributed by atoms with Crippen molar-refractivity contribution in [3.05, 3.63) is 53.9 Å². The van der Waals surface area contributed by atoms with Gasteiger partial charge in [-0.15, -0.1) is 0 Å². The maximum atomic E-state index is 4.47. The molecule has 1 aliphatic heterocycles. The van der Waals surface area contributed by atoms with Crippen LogP contribution < -0.4 is 5.32 Å². The molecule has 5 nitrogen and oxygen atoms in total. The molecule has 1 aliphatic rings. The highest BCUT2D eigenvalue weighted by atomic mass is 32.2. The highest BCUT2D eigenvalue weighted by Gasteiger charge is 2.28. The minimum atomic E-state index is 0.274. The van der Waals surface area contributed by atoms with Crippen LogP contribution in [-0.2, 0) is 13.1 Å². The molecule has 2 aromatic rings. The first-order chi connectivity index (χ1) is 12.1. The Hall–Kier alpha value is -1.95. The van der Waals surface area contributed by atoms with Gasteiger partial charge in [0.05, 0.1) is 12.7 Å². The molecule has 0 amide bonds. The van der Waals surface area contributed by atoms with Crippen LogP contribution in [0.5, 0.6) is 0 Å². The average Bonchev–Trinajstić information content (AvgIpc) is 3.03. The fourth-order valence-electron chi connectivity index (χ4n) is 3.07. The predicted octanol–water partition coefficient (Wildman–Crippen LogP) is 2.83. The van der Waals surface area contributed by atoms with E-state index in [4.69, 9.17) is 0 Å². The molecule has 0 radical (unpaired) electrons. The number of thioether (sulfide) groups is 1. The van der Waals surface area contributed by atoms with Gasteiger partial charge in [-0.2, -0.15) is 16.9 Å². The van der Waals surface area contributed by atoms with E-state index in [1.54, 1.807) is 0 Å². The Morgan fingerprint density at radius 2 is 2.08 bits per heavy atom. The number of benzene rings is 1. The molecule has 134 valence electrons. The van der Waals surface area contributed by atoms with Crippen LogP contribution in [0.25, 0.3) is 0 Å². The summed E-state index contributed by atoms with van der Waals surface area (Å²) in [6.07, 6.45) is 4.03. The van der Waals surface area contributed by atoms with Crippen LogP contribution in [0.3, 0.4) is 0 Å². The largest absolute Gasteiger partial charge is 0.352 e. The number of nitrogens with one attached hydrogen (secondary N) is 1. The van der Waals surface area contributed by atoms with Gasteiger partial charge in [-0.25, -0.2) is 0 Å². The Kier molecular flexibility index (Phi) is 5.68. The van der Waals surface area contributed by atoms with Gasteiger partial charge in [-0.05, 0) is 19.4 Å². The highest BCUT2D eigenvalue weighted by molar-refractivity contribution is 8.00. The maximum absolute atomic E-state index is 4.47. The molecule has 1 fully saturated rings. The van der Waals surface area contributed by atoms with Crippen LogP contribution >= 0.6 is 11.8 Å². The molecular formula is C19H27N5S. The second kappa shape index (κ2) is 7.95. The minimum absolute atomic E-state index is 0.274. The first kappa shape index (κ1) is 17.9. The van der Waals surface area contributed by atoms with Gasteiger partial charge in [0, 0.05) is 48.9 Å². The second-order valence-electron chi connectivity index (χ2n) is 6.96. The first-order valence-corrected chi connectivity index (χ1v) is 9.69. The summed E-state index contributed by atoms with van der Waals surface area (Å²) < 4.78 is 2.26. The van der Waals surface area contributed by atoms with E-state index in [0.29, 0.717) is 0 Å². The normalized spacial score (nSPS) is 17.6. The number of hydrogen-bond donors (Lipinski definition) is 1. The van der Waals surface area contributed by atoms with Crippen molar-refractivity contribution in [1.82, 2.24) is 20.0 Å². The smallest absolute Gasteiger partial charge is 0.193 e. The fourth-order valence-corrected chi connectivity index (χ4v) is 4.18. The number of aliphatic imine (C=N–C) groups is 1. The lowest BCUT2D eigenvalue weighted by Crippen LogP contribution is -2.50. The SMILES string of the molecule is CN=C(NCc1cnn(Cc2ccccc2)c1)N1CCSC(C)(C)C1. The third-order valence-electron chi connectivity index (χ3n) is 4.26. The van der Waals surface area contributed by atoms with Crippen LogP contribution in [0.2, 0.25) is 0 Å². The van der Waals surface area contributed by atoms with E-state index in [1.165, 1.54) is 11.1 Å². The first-order valence-electron chi connectivity index (χ1n) is 8.70. The van der Waals surface area contributed by atoms with Gasteiger partial charge in [0.15, 0.2) is 5.96 Å². The summed E-state index contributed by atoms with van der Waals surface area (Å²) >= 11 is 2.03. The van der Waals surface area contributed by atoms with Crippen LogP contribution in [0.4, 0.5) is 0 Å². The van der Waals surface area contributed by atoms with Crippen molar-refractivity contribution in [2.24, 2.45) is 4.99 Å². The average molecular weight is 358 g/mol. The minimum Gasteiger partial charge on any atom is -0.352 e. The molecule has 0 spiro atoms. The Morgan fingerprint density at radius 3 is 2.80 bits per heavy atom. The predicted molar refractivity (Wildman–Crippen MR) is 106 cm³/mol. The van der Waals surface area contributed by atoms with Gasteiger partial charge < -0.3 is 10.2 Å². The van der Waals surface area contributed by atoms with Gasteiger partial charge in [-0.1, -0.05) is 30.3 Å². The van der Waals surface area contributed by atoms with E-state index >= 15 is 0 Å². The van der Waals surface area contributed by atoms with Crippen molar-refractivity contribution < 1.29 is 0 Å². The summed E-state index contributed by atoms with van der Waals surface area (Å²) in [6.45, 7) is 8.19. The summed E-state index contributed by atoms with van der Waals surface area (Å²) in [4.78, 5) is 6.81. The van der Waals surface area contributed by atoms with Crippen molar-refractivity contribution in [3.8, 4) is 0 Å². The topological polar surface area (TPSA) is 45.5 Å². The molecule has 0 atom stereocenters. The quantitative estimate of drug-likeness (QED) is 0.675. The van der Waals surface area contributed by atoms with E-state index in [-0.39, 0.29) is 4.75 Å². The molecule has 0 unspecified atom stereocenters. The van der Waals surface area contributed by atoms with Gasteiger partial charge in [0.1, 0.15) is 0 Å². The molecule has 1 aromatic heterocycles. The van der Waals surface area contributed by atoms with E-state index in [9.17, 15) is 0 Å². The molecule has 0 bridgehead atoms. The maximum Gasteiger partial charge on any atom is 0.193 e. The number of guanidine groups is 1. The van der Waals surface area contributed by atoms with Gasteiger partial charge in [-0.3, -0.25) is 9.67 Å². The van der Waals surface area contributed by atoms with Crippen molar-refractivity contribution in [1.29, 1.82) is 0 Å². The number of aromatic nitrogens is 2. The van der Waals surface area contributed by atoms with Gasteiger partial charge >= 0.3 is 0 Å². The lowest BCUT2D eigenvalue weighted by molar-refractivity contribution is 0.375. The molecule has 0 aliphatic carbocycles. The lowest BCUT2D eigenvalue weighted by Gasteiger charge is -2.39. The molecule has 1 aromatic carbocycles. The molecule has 25 heavy (non-hydrogen) atoms. The van der Waals surface area contributed by atoms with Crippen molar-refractivity contribution in [2.75, 3.05) is 25.9 Å². The lowest BCUT2D eigenvalue weighted by atomic mass is 10.2. The number of hydrogen-bond acceptors (Lipinski definition) is 3. The monoisotopic (exact) mass is 357 g/mol. The van der Waals surface area contributed by atoms with Crippen molar-refractivity contribution >= 4 is 17.7 Å². The molecule has 1 N–H and O–H groups in total. The number of nitrogens with zero attached hydrogens (tertiary/aromatic N) is 4. The Balaban J connectivity index is 1.56. The van der Waals surface area contributed by atoms with Gasteiger partial charge in [0.2, 0.25) is 0 Å². The summed E-state index contributed by atoms with van der Waals surface area (Å²) in [5.41, 5.74) is 2.43. The van der Waals surface area contributed by atoms with Crippen molar-refractivity contribution in [2.45, 2.75) is 31.7 Å². The molecule has 0 saturated carbocycles. The van der Waals surface area contributed by atoms with E-state index in [2.05, 4.69) is 64.6 Å². The zero-order valence-electron chi connectivity index (χ0n) is 15.3. The zero-order valence-corrected chi connectivity index (χ0v) is 16.1. The highest BCUT2D eigenvalue weighted by Crippen LogP contribution is 2.29. The summed E-state index contributed by atoms with van der Waals surface area (Å²) in [7, 11) is 1.86. The molecule has 3 rings (SSSR count). The zero-order chi connectivity index (χ0) is 17.7. The van der Waals surface area contributed by atoms with Crippen molar-refractivity contribution in [3.63, 3.8) is 0 Å². The van der Waals surface area contributed by atoms with E-state index in [0.717, 1.165) is 37.9 Å². The summed E-state index contributed by atoms with van der Waals surface area (Å²) in [5.74, 6) is 2.12.